The van der Waals surface area contributed by atoms with E-state index >= 15 is 0 Å². The van der Waals surface area contributed by atoms with Gasteiger partial charge in [0.05, 0.1) is 41.8 Å². The first kappa shape index (κ1) is 15.4. The fourth-order valence-corrected chi connectivity index (χ4v) is 6.40. The first-order valence-electron chi connectivity index (χ1n) is 21.7. The molecular weight excluding hydrogens is 599 g/mol. The van der Waals surface area contributed by atoms with Crippen molar-refractivity contribution in [2.75, 3.05) is 0 Å². The number of nitrogens with zero attached hydrogens (tertiary/aromatic N) is 5. The second-order valence-corrected chi connectivity index (χ2v) is 11.4. The van der Waals surface area contributed by atoms with Crippen molar-refractivity contribution < 1.29 is 25.0 Å². The van der Waals surface area contributed by atoms with Gasteiger partial charge in [0.25, 0.3) is 0 Å². The number of benzene rings is 6. The van der Waals surface area contributed by atoms with Crippen LogP contribution >= 0.6 is 11.3 Å². The highest BCUT2D eigenvalue weighted by molar-refractivity contribution is 7.21. The topological polar surface area (TPSA) is 69.6 Å². The molecule has 10 aromatic rings. The van der Waals surface area contributed by atoms with Gasteiger partial charge in [-0.25, -0.2) is 9.97 Å². The monoisotopic (exact) mass is 636 g/mol. The zero-order chi connectivity index (χ0) is 44.0. The van der Waals surface area contributed by atoms with Crippen LogP contribution in [0.5, 0.6) is 0 Å². The molecule has 0 amide bonds. The van der Waals surface area contributed by atoms with Gasteiger partial charge in [0.1, 0.15) is 16.2 Å². The van der Waals surface area contributed by atoms with E-state index in [2.05, 4.69) is 9.97 Å². The highest BCUT2D eigenvalue weighted by Crippen LogP contribution is 2.36. The van der Waals surface area contributed by atoms with Crippen LogP contribution in [0, 0.1) is 0 Å². The van der Waals surface area contributed by atoms with Gasteiger partial charge in [-0.3, -0.25) is 4.57 Å². The number of hydrogen-bond donors (Lipinski definition) is 0. The minimum absolute atomic E-state index is 0.0211. The first-order chi connectivity index (χ1) is 29.5. The molecular formula is C40H23N5OS. The third-order valence-corrected chi connectivity index (χ3v) is 8.61. The van der Waals surface area contributed by atoms with Crippen molar-refractivity contribution in [2.45, 2.75) is 0 Å². The second kappa shape index (κ2) is 10.2. The third kappa shape index (κ3) is 4.17. The smallest absolute Gasteiger partial charge is 0.238 e. The minimum atomic E-state index is -0.609. The third-order valence-electron chi connectivity index (χ3n) is 7.62. The van der Waals surface area contributed by atoms with Crippen LogP contribution < -0.4 is 0 Å². The Morgan fingerprint density at radius 3 is 2.00 bits per heavy atom. The molecule has 0 N–H and O–H groups in total. The predicted molar refractivity (Wildman–Crippen MR) is 191 cm³/mol. The summed E-state index contributed by atoms with van der Waals surface area (Å²) in [6, 6.07) is 6.55. The van der Waals surface area contributed by atoms with E-state index in [1.165, 1.54) is 0 Å². The first-order valence-corrected chi connectivity index (χ1v) is 15.0. The molecule has 0 fully saturated rings. The van der Waals surface area contributed by atoms with Crippen LogP contribution in [0.15, 0.2) is 144 Å². The summed E-state index contributed by atoms with van der Waals surface area (Å²) in [5.74, 6) is -0.828. The van der Waals surface area contributed by atoms with Gasteiger partial charge in [-0.05, 0) is 48.4 Å². The molecule has 0 unspecified atom stereocenters. The van der Waals surface area contributed by atoms with Crippen LogP contribution in [-0.2, 0) is 0 Å². The Bertz CT molecular complexity index is 3600. The Kier molecular flexibility index (Phi) is 3.33. The van der Waals surface area contributed by atoms with E-state index in [4.69, 9.17) is 29.5 Å². The lowest BCUT2D eigenvalue weighted by Gasteiger charge is -2.11. The zero-order valence-electron chi connectivity index (χ0n) is 38.7. The number of thiazole rings is 1. The number of rotatable bonds is 4. The second-order valence-electron chi connectivity index (χ2n) is 10.4. The van der Waals surface area contributed by atoms with Crippen LogP contribution in [0.4, 0.5) is 0 Å². The van der Waals surface area contributed by atoms with Crippen LogP contribution in [0.1, 0.15) is 20.6 Å². The normalized spacial score (nSPS) is 16.3. The van der Waals surface area contributed by atoms with Gasteiger partial charge in [0.2, 0.25) is 5.95 Å². The molecule has 0 saturated carbocycles. The maximum atomic E-state index is 9.41. The summed E-state index contributed by atoms with van der Waals surface area (Å²) < 4.78 is 138. The van der Waals surface area contributed by atoms with Gasteiger partial charge in [0.15, 0.2) is 11.6 Å². The summed E-state index contributed by atoms with van der Waals surface area (Å²) in [5.41, 5.74) is -0.451. The van der Waals surface area contributed by atoms with Crippen molar-refractivity contribution in [3.05, 3.63) is 139 Å². The molecule has 6 nitrogen and oxygen atoms in total. The van der Waals surface area contributed by atoms with Gasteiger partial charge >= 0.3 is 0 Å². The summed E-state index contributed by atoms with van der Waals surface area (Å²) in [6.07, 6.45) is 0. The Morgan fingerprint density at radius 1 is 0.553 bits per heavy atom. The average molecular weight is 637 g/mol. The Labute approximate surface area is 293 Å². The summed E-state index contributed by atoms with van der Waals surface area (Å²) >= 11 is 0.782. The molecule has 0 spiro atoms. The molecule has 0 atom stereocenters. The molecule has 0 saturated heterocycles. The van der Waals surface area contributed by atoms with Crippen LogP contribution in [0.25, 0.3) is 93.3 Å². The van der Waals surface area contributed by atoms with Crippen molar-refractivity contribution in [3.63, 3.8) is 0 Å². The molecule has 0 aliphatic rings. The molecule has 0 aliphatic carbocycles. The van der Waals surface area contributed by atoms with E-state index in [-0.39, 0.29) is 71.5 Å². The number of para-hydroxylation sites is 3. The molecule has 0 bridgehead atoms. The van der Waals surface area contributed by atoms with E-state index < -0.39 is 90.6 Å². The maximum absolute atomic E-state index is 9.41. The molecule has 4 heterocycles. The average Bonchev–Trinajstić information content (AvgIpc) is 3.98. The van der Waals surface area contributed by atoms with Gasteiger partial charge in [0, 0.05) is 38.2 Å². The largest absolute Gasteiger partial charge is 0.456 e. The van der Waals surface area contributed by atoms with E-state index in [1.807, 2.05) is 36.4 Å². The lowest BCUT2D eigenvalue weighted by Crippen LogP contribution is -2.06. The van der Waals surface area contributed by atoms with Crippen molar-refractivity contribution in [1.82, 2.24) is 24.5 Å². The van der Waals surface area contributed by atoms with Crippen molar-refractivity contribution in [3.8, 4) is 39.3 Å². The quantitative estimate of drug-likeness (QED) is 0.192. The highest BCUT2D eigenvalue weighted by Gasteiger charge is 2.19. The minimum Gasteiger partial charge on any atom is -0.456 e. The zero-order valence-corrected chi connectivity index (χ0v) is 24.5. The molecule has 47 heavy (non-hydrogen) atoms. The van der Waals surface area contributed by atoms with Crippen LogP contribution in [-0.4, -0.2) is 24.5 Å². The lowest BCUT2D eigenvalue weighted by molar-refractivity contribution is 0.669. The number of hydrogen-bond acceptors (Lipinski definition) is 6. The van der Waals surface area contributed by atoms with Crippen molar-refractivity contribution in [1.29, 1.82) is 0 Å². The highest BCUT2D eigenvalue weighted by atomic mass is 32.1. The van der Waals surface area contributed by atoms with Gasteiger partial charge in [-0.15, -0.1) is 11.3 Å². The van der Waals surface area contributed by atoms with Crippen LogP contribution in [0.2, 0.25) is 0 Å². The SMILES string of the molecule is [2H]c1c([2H])c([2H])c(-c2nc3c([2H])c(-c4nc(-c5c([2H])c([2H])c6c(oc7c([2H])c([2H])c([2H])c([2H])c76)c5[2H])nc(-n5c6ccccc6c6ccccc65)n4)c([2H])c([2H])c3s2)c([2H])c1[2H]. The van der Waals surface area contributed by atoms with Gasteiger partial charge < -0.3 is 4.42 Å². The Hall–Kier alpha value is -6.18. The van der Waals surface area contributed by atoms with Crippen molar-refractivity contribution in [2.24, 2.45) is 0 Å². The maximum Gasteiger partial charge on any atom is 0.238 e. The van der Waals surface area contributed by atoms with Crippen molar-refractivity contribution >= 4 is 65.3 Å². The van der Waals surface area contributed by atoms with E-state index in [1.54, 1.807) is 16.7 Å². The summed E-state index contributed by atoms with van der Waals surface area (Å²) in [6.45, 7) is 0. The lowest BCUT2D eigenvalue weighted by atomic mass is 10.1. The summed E-state index contributed by atoms with van der Waals surface area (Å²) in [4.78, 5) is 18.6. The molecule has 10 rings (SSSR count). The number of fused-ring (bicyclic) bond motifs is 7. The molecule has 0 radical (unpaired) electrons. The Morgan fingerprint density at radius 2 is 1.21 bits per heavy atom. The number of aromatic nitrogens is 5. The predicted octanol–water partition coefficient (Wildman–Crippen LogP) is 10.5. The molecule has 6 aromatic carbocycles. The number of furan rings is 1. The van der Waals surface area contributed by atoms with E-state index in [9.17, 15) is 5.48 Å². The molecule has 7 heteroatoms. The molecule has 4 aromatic heterocycles. The summed E-state index contributed by atoms with van der Waals surface area (Å²) in [7, 11) is 0. The van der Waals surface area contributed by atoms with Gasteiger partial charge in [-0.1, -0.05) is 90.8 Å². The molecule has 220 valence electrons. The standard InChI is InChI=1S/C40H23N5OS/c1-2-10-24(11-3-1)39-41-31-22-25(19-21-36(31)47-39)37-42-38(26-18-20-30-29-14-6-9-17-34(29)46-35(30)23-26)44-40(43-37)45-32-15-7-4-12-27(32)28-13-5-8-16-33(28)45/h1-23H/i1D,2D,3D,6D,9D,10D,11D,14D,17D,18D,19D,20D,21D,22D,23D. The van der Waals surface area contributed by atoms with Crippen LogP contribution in [0.3, 0.4) is 0 Å². The molecule has 0 aliphatic heterocycles. The Balaban J connectivity index is 1.30. The van der Waals surface area contributed by atoms with E-state index in [0.717, 1.165) is 22.1 Å². The van der Waals surface area contributed by atoms with Gasteiger partial charge in [-0.2, -0.15) is 9.97 Å². The fraction of sp³-hybridized carbons (Fsp3) is 0. The van der Waals surface area contributed by atoms with E-state index in [0.29, 0.717) is 11.0 Å². The summed E-state index contributed by atoms with van der Waals surface area (Å²) in [5, 5.41) is 1.18. The fourth-order valence-electron chi connectivity index (χ4n) is 5.57.